The Morgan fingerprint density at radius 2 is 1.43 bits per heavy atom. The number of phenolic OH excluding ortho intramolecular Hbond substituents is 2. The van der Waals surface area contributed by atoms with E-state index in [1.54, 1.807) is 6.07 Å². The summed E-state index contributed by atoms with van der Waals surface area (Å²) >= 11 is 2.05. The molecule has 0 amide bonds. The number of aryl methyl sites for hydroxylation is 1. The van der Waals surface area contributed by atoms with Gasteiger partial charge in [0.2, 0.25) is 0 Å². The Bertz CT molecular complexity index is 1500. The number of rotatable bonds is 19. The molecule has 1 aliphatic carbocycles. The highest BCUT2D eigenvalue weighted by Crippen LogP contribution is 2.37. The Labute approximate surface area is 285 Å². The number of nitrogens with zero attached hydrogens (tertiary/aromatic N) is 1. The van der Waals surface area contributed by atoms with Gasteiger partial charge in [0.25, 0.3) is 0 Å². The van der Waals surface area contributed by atoms with Crippen molar-refractivity contribution < 1.29 is 19.7 Å². The largest absolute Gasteiger partial charge is 0.504 e. The molecule has 250 valence electrons. The average molecular weight is 654 g/mol. The normalized spacial score (nSPS) is 14.2. The van der Waals surface area contributed by atoms with E-state index in [1.807, 2.05) is 54.2 Å². The summed E-state index contributed by atoms with van der Waals surface area (Å²) in [6, 6.07) is 31.1. The summed E-state index contributed by atoms with van der Waals surface area (Å²) < 4.78 is 12.5. The van der Waals surface area contributed by atoms with E-state index in [2.05, 4.69) is 54.3 Å². The highest BCUT2D eigenvalue weighted by atomic mass is 32.2. The summed E-state index contributed by atoms with van der Waals surface area (Å²) in [5.41, 5.74) is 5.69. The minimum absolute atomic E-state index is 0.00274. The smallest absolute Gasteiger partial charge is 0.161 e. The van der Waals surface area contributed by atoms with Crippen LogP contribution in [0.1, 0.15) is 73.3 Å². The molecule has 2 N–H and O–H groups in total. The van der Waals surface area contributed by atoms with Gasteiger partial charge in [-0.1, -0.05) is 92.6 Å². The summed E-state index contributed by atoms with van der Waals surface area (Å²) in [5.74, 6) is 3.97. The zero-order chi connectivity index (χ0) is 32.7. The molecule has 1 atom stereocenters. The molecule has 0 radical (unpaired) electrons. The molecule has 0 aliphatic heterocycles. The third kappa shape index (κ3) is 10.7. The maximum absolute atomic E-state index is 10.3. The van der Waals surface area contributed by atoms with Crippen molar-refractivity contribution in [3.63, 3.8) is 0 Å². The van der Waals surface area contributed by atoms with Crippen LogP contribution in [0.3, 0.4) is 0 Å². The molecule has 0 heterocycles. The Morgan fingerprint density at radius 1 is 0.723 bits per heavy atom. The fourth-order valence-electron chi connectivity index (χ4n) is 6.45. The standard InChI is InChI=1S/C41H51NO4S/c1-2-24-42(36-19-20-37-35(29-36)18-21-38(43)41(37)44)25-11-3-4-12-26-47-27-23-32-17-22-39(45-30-33-13-7-5-8-14-33)40(28-32)46-31-34-15-9-6-10-16-34/h5-10,13-18,21-22,28,36,43-44H,2-4,11-12,19-20,23-27,29-31H2,1H3. The first kappa shape index (κ1) is 34.7. The van der Waals surface area contributed by atoms with E-state index in [0.717, 1.165) is 79.1 Å². The lowest BCUT2D eigenvalue weighted by Gasteiger charge is -2.35. The predicted octanol–water partition coefficient (Wildman–Crippen LogP) is 9.36. The fourth-order valence-corrected chi connectivity index (χ4v) is 7.45. The average Bonchev–Trinajstić information content (AvgIpc) is 3.11. The van der Waals surface area contributed by atoms with E-state index in [4.69, 9.17) is 9.47 Å². The first-order chi connectivity index (χ1) is 23.1. The van der Waals surface area contributed by atoms with E-state index in [9.17, 15) is 10.2 Å². The molecular formula is C41H51NO4S. The second kappa shape index (κ2) is 18.7. The maximum atomic E-state index is 10.3. The van der Waals surface area contributed by atoms with Gasteiger partial charge in [-0.3, -0.25) is 0 Å². The van der Waals surface area contributed by atoms with Crippen LogP contribution in [0.2, 0.25) is 0 Å². The van der Waals surface area contributed by atoms with Gasteiger partial charge >= 0.3 is 0 Å². The Morgan fingerprint density at radius 3 is 2.15 bits per heavy atom. The first-order valence-electron chi connectivity index (χ1n) is 17.4. The Hall–Kier alpha value is -3.61. The van der Waals surface area contributed by atoms with E-state index in [-0.39, 0.29) is 11.5 Å². The fraction of sp³-hybridized carbons (Fsp3) is 0.415. The van der Waals surface area contributed by atoms with E-state index < -0.39 is 0 Å². The zero-order valence-corrected chi connectivity index (χ0v) is 28.7. The van der Waals surface area contributed by atoms with Crippen LogP contribution in [-0.2, 0) is 32.5 Å². The van der Waals surface area contributed by atoms with Gasteiger partial charge in [0.1, 0.15) is 13.2 Å². The van der Waals surface area contributed by atoms with Crippen molar-refractivity contribution >= 4 is 11.8 Å². The van der Waals surface area contributed by atoms with Crippen molar-refractivity contribution in [1.29, 1.82) is 0 Å². The van der Waals surface area contributed by atoms with Crippen molar-refractivity contribution in [3.8, 4) is 23.0 Å². The van der Waals surface area contributed by atoms with Crippen LogP contribution in [0.25, 0.3) is 0 Å². The number of unbranched alkanes of at least 4 members (excludes halogenated alkanes) is 3. The molecule has 0 aromatic heterocycles. The van der Waals surface area contributed by atoms with Crippen LogP contribution in [0.4, 0.5) is 0 Å². The van der Waals surface area contributed by atoms with E-state index in [1.165, 1.54) is 42.6 Å². The molecule has 4 aromatic rings. The molecule has 0 fully saturated rings. The molecular weight excluding hydrogens is 603 g/mol. The maximum Gasteiger partial charge on any atom is 0.161 e. The van der Waals surface area contributed by atoms with Gasteiger partial charge in [0, 0.05) is 11.6 Å². The minimum atomic E-state index is 0.00274. The molecule has 1 unspecified atom stereocenters. The SMILES string of the molecule is CCCN(CCCCCCSCCc1ccc(OCc2ccccc2)c(OCc2ccccc2)c1)C1CCc2c(ccc(O)c2O)C1. The van der Waals surface area contributed by atoms with Gasteiger partial charge in [-0.2, -0.15) is 11.8 Å². The highest BCUT2D eigenvalue weighted by molar-refractivity contribution is 7.99. The van der Waals surface area contributed by atoms with Gasteiger partial charge in [0.15, 0.2) is 23.0 Å². The number of aromatic hydroxyl groups is 2. The van der Waals surface area contributed by atoms with Crippen LogP contribution in [0.15, 0.2) is 91.0 Å². The molecule has 5 rings (SSSR count). The van der Waals surface area contributed by atoms with Gasteiger partial charge < -0.3 is 24.6 Å². The molecule has 4 aromatic carbocycles. The number of hydrogen-bond donors (Lipinski definition) is 2. The molecule has 0 saturated heterocycles. The Balaban J connectivity index is 1.01. The van der Waals surface area contributed by atoms with Crippen LogP contribution in [0.5, 0.6) is 23.0 Å². The molecule has 0 saturated carbocycles. The van der Waals surface area contributed by atoms with Crippen LogP contribution < -0.4 is 9.47 Å². The summed E-state index contributed by atoms with van der Waals surface area (Å²) in [6.45, 7) is 5.56. The number of ether oxygens (including phenoxy) is 2. The molecule has 47 heavy (non-hydrogen) atoms. The second-order valence-corrected chi connectivity index (χ2v) is 13.8. The van der Waals surface area contributed by atoms with Gasteiger partial charge in [0.05, 0.1) is 0 Å². The minimum Gasteiger partial charge on any atom is -0.504 e. The van der Waals surface area contributed by atoms with Crippen molar-refractivity contribution in [2.75, 3.05) is 24.6 Å². The molecule has 1 aliphatic rings. The Kier molecular flexibility index (Phi) is 13.8. The number of thioether (sulfide) groups is 1. The van der Waals surface area contributed by atoms with E-state index in [0.29, 0.717) is 19.3 Å². The summed E-state index contributed by atoms with van der Waals surface area (Å²) in [7, 11) is 0. The van der Waals surface area contributed by atoms with Crippen LogP contribution >= 0.6 is 11.8 Å². The summed E-state index contributed by atoms with van der Waals surface area (Å²) in [5, 5.41) is 20.1. The van der Waals surface area contributed by atoms with Crippen LogP contribution in [0, 0.1) is 0 Å². The number of benzene rings is 4. The van der Waals surface area contributed by atoms with Crippen molar-refractivity contribution in [2.24, 2.45) is 0 Å². The topological polar surface area (TPSA) is 62.2 Å². The van der Waals surface area contributed by atoms with Gasteiger partial charge in [-0.25, -0.2) is 0 Å². The first-order valence-corrected chi connectivity index (χ1v) is 18.6. The third-order valence-electron chi connectivity index (χ3n) is 9.07. The molecule has 0 spiro atoms. The lowest BCUT2D eigenvalue weighted by molar-refractivity contribution is 0.175. The molecule has 5 nitrogen and oxygen atoms in total. The number of phenols is 2. The van der Waals surface area contributed by atoms with E-state index >= 15 is 0 Å². The molecule has 6 heteroatoms. The van der Waals surface area contributed by atoms with Gasteiger partial charge in [-0.05, 0) is 110 Å². The quantitative estimate of drug-likeness (QED) is 0.0777. The monoisotopic (exact) mass is 653 g/mol. The van der Waals surface area contributed by atoms with Crippen molar-refractivity contribution in [3.05, 3.63) is 119 Å². The van der Waals surface area contributed by atoms with Crippen molar-refractivity contribution in [2.45, 2.75) is 84.0 Å². The number of fused-ring (bicyclic) bond motifs is 1. The number of hydrogen-bond acceptors (Lipinski definition) is 6. The van der Waals surface area contributed by atoms with Gasteiger partial charge in [-0.15, -0.1) is 0 Å². The molecule has 0 bridgehead atoms. The lowest BCUT2D eigenvalue weighted by atomic mass is 9.86. The highest BCUT2D eigenvalue weighted by Gasteiger charge is 2.26. The third-order valence-corrected chi connectivity index (χ3v) is 10.1. The summed E-state index contributed by atoms with van der Waals surface area (Å²) in [6.07, 6.45) is 10.1. The zero-order valence-electron chi connectivity index (χ0n) is 27.9. The lowest BCUT2D eigenvalue weighted by Crippen LogP contribution is -2.40. The predicted molar refractivity (Wildman–Crippen MR) is 195 cm³/mol. The van der Waals surface area contributed by atoms with Crippen LogP contribution in [-0.4, -0.2) is 45.8 Å². The van der Waals surface area contributed by atoms with Crippen molar-refractivity contribution in [1.82, 2.24) is 4.90 Å². The summed E-state index contributed by atoms with van der Waals surface area (Å²) in [4.78, 5) is 2.66. The second-order valence-electron chi connectivity index (χ2n) is 12.6.